The van der Waals surface area contributed by atoms with Crippen LogP contribution in [0.3, 0.4) is 0 Å². The van der Waals surface area contributed by atoms with Gasteiger partial charge in [-0.1, -0.05) is 12.1 Å². The molecule has 1 atom stereocenters. The smallest absolute Gasteiger partial charge is 0.326 e. The maximum Gasteiger partial charge on any atom is 0.326 e. The molecule has 0 bridgehead atoms. The number of rotatable bonds is 8. The van der Waals surface area contributed by atoms with Gasteiger partial charge in [-0.05, 0) is 50.9 Å². The number of aryl methyl sites for hydroxylation is 1. The fourth-order valence-electron chi connectivity index (χ4n) is 2.54. The zero-order valence-corrected chi connectivity index (χ0v) is 14.5. The predicted octanol–water partition coefficient (Wildman–Crippen LogP) is 0.991. The van der Waals surface area contributed by atoms with E-state index in [0.717, 1.165) is 18.4 Å². The number of nitrogens with zero attached hydrogens (tertiary/aromatic N) is 1. The van der Waals surface area contributed by atoms with Gasteiger partial charge in [0.15, 0.2) is 0 Å². The van der Waals surface area contributed by atoms with Crippen LogP contribution in [0.15, 0.2) is 29.2 Å². The molecule has 0 saturated heterocycles. The lowest BCUT2D eigenvalue weighted by Crippen LogP contribution is -2.44. The van der Waals surface area contributed by atoms with E-state index >= 15 is 0 Å². The number of sulfonamides is 1. The minimum atomic E-state index is -3.47. The fraction of sp³-hybridized carbons (Fsp3) is 0.500. The summed E-state index contributed by atoms with van der Waals surface area (Å²) in [7, 11) is -2.13. The van der Waals surface area contributed by atoms with Gasteiger partial charge in [0.2, 0.25) is 15.9 Å². The minimum absolute atomic E-state index is 0.0340. The number of amides is 1. The molecular formula is C16H22N2O5S. The van der Waals surface area contributed by atoms with Crippen LogP contribution in [0.5, 0.6) is 0 Å². The Balaban J connectivity index is 1.99. The zero-order chi connectivity index (χ0) is 17.9. The van der Waals surface area contributed by atoms with Crippen molar-refractivity contribution in [3.63, 3.8) is 0 Å². The molecule has 0 heterocycles. The summed E-state index contributed by atoms with van der Waals surface area (Å²) in [6, 6.07) is 5.52. The standard InChI is InChI=1S/C16H22N2O5S/c1-11(16(20)21)18(13-6-7-13)15(19)10-5-12-3-8-14(9-4-12)24(22,23)17-2/h3-4,8-9,11,13,17H,5-7,10H2,1-2H3,(H,20,21). The van der Waals surface area contributed by atoms with Crippen LogP contribution < -0.4 is 4.72 Å². The number of carbonyl (C=O) groups is 2. The van der Waals surface area contributed by atoms with Crippen LogP contribution in [-0.2, 0) is 26.0 Å². The van der Waals surface area contributed by atoms with Gasteiger partial charge in [-0.2, -0.15) is 0 Å². The number of carboxylic acid groups (broad SMARTS) is 1. The molecule has 8 heteroatoms. The van der Waals surface area contributed by atoms with Gasteiger partial charge >= 0.3 is 5.97 Å². The molecule has 1 amide bonds. The highest BCUT2D eigenvalue weighted by Gasteiger charge is 2.37. The first-order chi connectivity index (χ1) is 11.3. The quantitative estimate of drug-likeness (QED) is 0.724. The largest absolute Gasteiger partial charge is 0.480 e. The second kappa shape index (κ2) is 7.31. The van der Waals surface area contributed by atoms with E-state index in [1.807, 2.05) is 0 Å². The van der Waals surface area contributed by atoms with Crippen LogP contribution in [0.4, 0.5) is 0 Å². The molecule has 132 valence electrons. The average Bonchev–Trinajstić information content (AvgIpc) is 3.38. The van der Waals surface area contributed by atoms with Gasteiger partial charge in [0.1, 0.15) is 6.04 Å². The molecule has 2 N–H and O–H groups in total. The molecule has 0 aromatic heterocycles. The number of carbonyl (C=O) groups excluding carboxylic acids is 1. The van der Waals surface area contributed by atoms with E-state index in [4.69, 9.17) is 5.11 Å². The number of nitrogens with one attached hydrogen (secondary N) is 1. The first-order valence-electron chi connectivity index (χ1n) is 7.82. The van der Waals surface area contributed by atoms with Gasteiger partial charge in [-0.15, -0.1) is 0 Å². The summed E-state index contributed by atoms with van der Waals surface area (Å²) in [6.07, 6.45) is 2.33. The van der Waals surface area contributed by atoms with Crippen LogP contribution in [0.25, 0.3) is 0 Å². The Kier molecular flexibility index (Phi) is 5.61. The lowest BCUT2D eigenvalue weighted by Gasteiger charge is -2.26. The Morgan fingerprint density at radius 3 is 2.33 bits per heavy atom. The molecule has 7 nitrogen and oxygen atoms in total. The second-order valence-electron chi connectivity index (χ2n) is 5.90. The van der Waals surface area contributed by atoms with E-state index in [-0.39, 0.29) is 23.3 Å². The van der Waals surface area contributed by atoms with E-state index in [0.29, 0.717) is 6.42 Å². The van der Waals surface area contributed by atoms with Crippen LogP contribution in [0, 0.1) is 0 Å². The van der Waals surface area contributed by atoms with Crippen molar-refractivity contribution in [1.29, 1.82) is 0 Å². The Morgan fingerprint density at radius 1 is 1.29 bits per heavy atom. The van der Waals surface area contributed by atoms with Gasteiger partial charge in [0.05, 0.1) is 4.90 Å². The summed E-state index contributed by atoms with van der Waals surface area (Å²) in [5.41, 5.74) is 0.831. The number of hydrogen-bond acceptors (Lipinski definition) is 4. The first-order valence-corrected chi connectivity index (χ1v) is 9.31. The normalized spacial score (nSPS) is 15.8. The van der Waals surface area contributed by atoms with Crippen molar-refractivity contribution in [3.05, 3.63) is 29.8 Å². The minimum Gasteiger partial charge on any atom is -0.480 e. The molecule has 1 saturated carbocycles. The molecule has 2 rings (SSSR count). The monoisotopic (exact) mass is 354 g/mol. The van der Waals surface area contributed by atoms with Crippen molar-refractivity contribution in [2.24, 2.45) is 0 Å². The van der Waals surface area contributed by atoms with Gasteiger partial charge in [0.25, 0.3) is 0 Å². The molecule has 1 aromatic rings. The molecule has 24 heavy (non-hydrogen) atoms. The highest BCUT2D eigenvalue weighted by molar-refractivity contribution is 7.89. The third-order valence-electron chi connectivity index (χ3n) is 4.13. The van der Waals surface area contributed by atoms with Gasteiger partial charge < -0.3 is 10.0 Å². The first kappa shape index (κ1) is 18.4. The third kappa shape index (κ3) is 4.33. The highest BCUT2D eigenvalue weighted by Crippen LogP contribution is 2.29. The molecule has 1 aliphatic carbocycles. The summed E-state index contributed by atoms with van der Waals surface area (Å²) in [4.78, 5) is 25.2. The van der Waals surface area contributed by atoms with Crippen molar-refractivity contribution in [2.45, 2.75) is 49.6 Å². The van der Waals surface area contributed by atoms with Crippen molar-refractivity contribution in [2.75, 3.05) is 7.05 Å². The van der Waals surface area contributed by atoms with Crippen LogP contribution in [-0.4, -0.2) is 49.4 Å². The molecule has 1 aliphatic rings. The summed E-state index contributed by atoms with van der Waals surface area (Å²) in [6.45, 7) is 1.52. The topological polar surface area (TPSA) is 104 Å². The van der Waals surface area contributed by atoms with E-state index < -0.39 is 22.0 Å². The molecule has 1 unspecified atom stereocenters. The zero-order valence-electron chi connectivity index (χ0n) is 13.7. The van der Waals surface area contributed by atoms with Crippen molar-refractivity contribution < 1.29 is 23.1 Å². The maximum absolute atomic E-state index is 12.4. The third-order valence-corrected chi connectivity index (χ3v) is 5.56. The van der Waals surface area contributed by atoms with Gasteiger partial charge in [-0.3, -0.25) is 4.79 Å². The van der Waals surface area contributed by atoms with Gasteiger partial charge in [0, 0.05) is 12.5 Å². The summed E-state index contributed by atoms with van der Waals surface area (Å²) < 4.78 is 25.6. The number of hydrogen-bond donors (Lipinski definition) is 2. The van der Waals surface area contributed by atoms with Crippen LogP contribution >= 0.6 is 0 Å². The summed E-state index contributed by atoms with van der Waals surface area (Å²) in [5, 5.41) is 9.14. The van der Waals surface area contributed by atoms with E-state index in [2.05, 4.69) is 4.72 Å². The Hall–Kier alpha value is -1.93. The number of carboxylic acids is 1. The molecule has 0 aliphatic heterocycles. The predicted molar refractivity (Wildman–Crippen MR) is 88.0 cm³/mol. The van der Waals surface area contributed by atoms with E-state index in [1.54, 1.807) is 12.1 Å². The number of benzene rings is 1. The summed E-state index contributed by atoms with van der Waals surface area (Å²) >= 11 is 0. The number of aliphatic carboxylic acids is 1. The second-order valence-corrected chi connectivity index (χ2v) is 7.78. The summed E-state index contributed by atoms with van der Waals surface area (Å²) in [5.74, 6) is -1.18. The molecular weight excluding hydrogens is 332 g/mol. The Labute approximate surface area is 141 Å². The lowest BCUT2D eigenvalue weighted by molar-refractivity contribution is -0.150. The SMILES string of the molecule is CNS(=O)(=O)c1ccc(CCC(=O)N(C2CC2)C(C)C(=O)O)cc1. The van der Waals surface area contributed by atoms with Crippen LogP contribution in [0.2, 0.25) is 0 Å². The lowest BCUT2D eigenvalue weighted by atomic mass is 10.1. The maximum atomic E-state index is 12.4. The van der Waals surface area contributed by atoms with Crippen molar-refractivity contribution in [1.82, 2.24) is 9.62 Å². The van der Waals surface area contributed by atoms with E-state index in [9.17, 15) is 18.0 Å². The van der Waals surface area contributed by atoms with E-state index in [1.165, 1.54) is 31.0 Å². The molecule has 0 radical (unpaired) electrons. The molecule has 1 aromatic carbocycles. The van der Waals surface area contributed by atoms with Crippen molar-refractivity contribution in [3.8, 4) is 0 Å². The van der Waals surface area contributed by atoms with Crippen LogP contribution in [0.1, 0.15) is 31.7 Å². The Morgan fingerprint density at radius 2 is 1.88 bits per heavy atom. The molecule has 0 spiro atoms. The fourth-order valence-corrected chi connectivity index (χ4v) is 3.27. The van der Waals surface area contributed by atoms with Gasteiger partial charge in [-0.25, -0.2) is 17.9 Å². The Bertz CT molecular complexity index is 710. The van der Waals surface area contributed by atoms with Crippen molar-refractivity contribution >= 4 is 21.9 Å². The molecule has 1 fully saturated rings. The average molecular weight is 354 g/mol. The highest BCUT2D eigenvalue weighted by atomic mass is 32.2.